The SMILES string of the molecule is COC(=O)[C@@H]1C[C@H]2[C@H](OC(C)=O)C[C@@H]1N2C(=O)OC(C)(C)C. The third kappa shape index (κ3) is 3.18. The van der Waals surface area contributed by atoms with Crippen molar-refractivity contribution in [2.24, 2.45) is 5.92 Å². The minimum atomic E-state index is -0.628. The molecule has 2 rings (SSSR count). The number of methoxy groups -OCH3 is 1. The standard InChI is InChI=1S/C15H23NO6/c1-8(17)21-12-7-10-9(13(18)20-5)6-11(12)16(10)14(19)22-15(2,3)4/h9-12H,6-7H2,1-5H3/t9-,10+,11+,12-/m1/s1. The van der Waals surface area contributed by atoms with Crippen molar-refractivity contribution in [1.82, 2.24) is 4.90 Å². The summed E-state index contributed by atoms with van der Waals surface area (Å²) in [5.74, 6) is -1.13. The topological polar surface area (TPSA) is 82.1 Å². The lowest BCUT2D eigenvalue weighted by Crippen LogP contribution is -2.42. The Kier molecular flexibility index (Phi) is 4.35. The van der Waals surface area contributed by atoms with E-state index in [2.05, 4.69) is 0 Å². The number of carbonyl (C=O) groups is 3. The molecule has 7 heteroatoms. The number of esters is 2. The smallest absolute Gasteiger partial charge is 0.410 e. The molecule has 0 aromatic heterocycles. The van der Waals surface area contributed by atoms with Gasteiger partial charge in [0.15, 0.2) is 0 Å². The van der Waals surface area contributed by atoms with Crippen molar-refractivity contribution >= 4 is 18.0 Å². The average molecular weight is 313 g/mol. The summed E-state index contributed by atoms with van der Waals surface area (Å²) in [5.41, 5.74) is -0.628. The molecule has 0 saturated carbocycles. The van der Waals surface area contributed by atoms with Crippen LogP contribution >= 0.6 is 0 Å². The minimum absolute atomic E-state index is 0.340. The van der Waals surface area contributed by atoms with Gasteiger partial charge in [-0.15, -0.1) is 0 Å². The van der Waals surface area contributed by atoms with Crippen LogP contribution in [0.5, 0.6) is 0 Å². The normalized spacial score (nSPS) is 30.1. The summed E-state index contributed by atoms with van der Waals surface area (Å²) in [7, 11) is 1.33. The highest BCUT2D eigenvalue weighted by molar-refractivity contribution is 5.78. The number of hydrogen-bond acceptors (Lipinski definition) is 6. The molecule has 7 nitrogen and oxygen atoms in total. The second-order valence-electron chi connectivity index (χ2n) is 6.77. The maximum absolute atomic E-state index is 12.4. The Hall–Kier alpha value is -1.79. The third-order valence-corrected chi connectivity index (χ3v) is 4.00. The lowest BCUT2D eigenvalue weighted by Gasteiger charge is -2.28. The van der Waals surface area contributed by atoms with Gasteiger partial charge in [-0.3, -0.25) is 14.5 Å². The van der Waals surface area contributed by atoms with Crippen LogP contribution in [0.4, 0.5) is 4.79 Å². The van der Waals surface area contributed by atoms with E-state index in [9.17, 15) is 14.4 Å². The molecule has 1 amide bonds. The van der Waals surface area contributed by atoms with E-state index >= 15 is 0 Å². The van der Waals surface area contributed by atoms with Gasteiger partial charge in [0.05, 0.1) is 25.1 Å². The molecule has 0 radical (unpaired) electrons. The van der Waals surface area contributed by atoms with Gasteiger partial charge in [0.1, 0.15) is 11.7 Å². The first kappa shape index (κ1) is 16.6. The molecule has 2 aliphatic heterocycles. The van der Waals surface area contributed by atoms with Crippen LogP contribution in [0.25, 0.3) is 0 Å². The van der Waals surface area contributed by atoms with Crippen LogP contribution < -0.4 is 0 Å². The van der Waals surface area contributed by atoms with E-state index in [0.717, 1.165) is 0 Å². The Morgan fingerprint density at radius 1 is 1.09 bits per heavy atom. The second kappa shape index (κ2) is 5.78. The molecule has 2 bridgehead atoms. The van der Waals surface area contributed by atoms with Crippen LogP contribution in [0.1, 0.15) is 40.5 Å². The summed E-state index contributed by atoms with van der Waals surface area (Å²) in [4.78, 5) is 37.0. The van der Waals surface area contributed by atoms with Crippen molar-refractivity contribution in [2.45, 2.75) is 64.3 Å². The molecule has 22 heavy (non-hydrogen) atoms. The molecule has 2 heterocycles. The Bertz CT molecular complexity index is 483. The molecule has 0 aromatic rings. The monoisotopic (exact) mass is 313 g/mol. The van der Waals surface area contributed by atoms with Gasteiger partial charge in [-0.05, 0) is 27.2 Å². The van der Waals surface area contributed by atoms with Gasteiger partial charge in [-0.1, -0.05) is 0 Å². The van der Waals surface area contributed by atoms with Crippen molar-refractivity contribution in [3.8, 4) is 0 Å². The van der Waals surface area contributed by atoms with E-state index in [4.69, 9.17) is 14.2 Å². The first-order valence-electron chi connectivity index (χ1n) is 7.40. The second-order valence-corrected chi connectivity index (χ2v) is 6.77. The molecule has 2 fully saturated rings. The summed E-state index contributed by atoms with van der Waals surface area (Å²) < 4.78 is 15.5. The van der Waals surface area contributed by atoms with Crippen molar-refractivity contribution in [3.63, 3.8) is 0 Å². The Morgan fingerprint density at radius 2 is 1.73 bits per heavy atom. The number of carbonyl (C=O) groups excluding carboxylic acids is 3. The number of fused-ring (bicyclic) bond motifs is 2. The highest BCUT2D eigenvalue weighted by Gasteiger charge is 2.58. The zero-order valence-electron chi connectivity index (χ0n) is 13.6. The maximum atomic E-state index is 12.4. The number of amides is 1. The molecule has 0 aliphatic carbocycles. The number of rotatable bonds is 2. The van der Waals surface area contributed by atoms with Crippen LogP contribution in [0.15, 0.2) is 0 Å². The molecule has 0 spiro atoms. The van der Waals surface area contributed by atoms with E-state index < -0.39 is 29.7 Å². The van der Waals surface area contributed by atoms with Gasteiger partial charge in [0.2, 0.25) is 0 Å². The van der Waals surface area contributed by atoms with E-state index in [0.29, 0.717) is 12.8 Å². The zero-order valence-corrected chi connectivity index (χ0v) is 13.6. The lowest BCUT2D eigenvalue weighted by molar-refractivity contribution is -0.149. The molecule has 0 unspecified atom stereocenters. The molecule has 2 aliphatic rings. The first-order valence-corrected chi connectivity index (χ1v) is 7.40. The van der Waals surface area contributed by atoms with Gasteiger partial charge in [-0.25, -0.2) is 4.79 Å². The summed E-state index contributed by atoms with van der Waals surface area (Å²) in [6.45, 7) is 6.68. The lowest BCUT2D eigenvalue weighted by atomic mass is 9.87. The fourth-order valence-corrected chi connectivity index (χ4v) is 3.30. The van der Waals surface area contributed by atoms with Crippen molar-refractivity contribution in [1.29, 1.82) is 0 Å². The maximum Gasteiger partial charge on any atom is 0.410 e. The molecule has 0 N–H and O–H groups in total. The Morgan fingerprint density at radius 3 is 2.23 bits per heavy atom. The third-order valence-electron chi connectivity index (χ3n) is 4.00. The minimum Gasteiger partial charge on any atom is -0.469 e. The number of nitrogens with zero attached hydrogens (tertiary/aromatic N) is 1. The first-order chi connectivity index (χ1) is 10.1. The number of ether oxygens (including phenoxy) is 3. The quantitative estimate of drug-likeness (QED) is 0.567. The van der Waals surface area contributed by atoms with E-state index in [1.165, 1.54) is 14.0 Å². The van der Waals surface area contributed by atoms with Crippen LogP contribution in [0.2, 0.25) is 0 Å². The molecular formula is C15H23NO6. The molecule has 124 valence electrons. The molecule has 0 aromatic carbocycles. The van der Waals surface area contributed by atoms with Gasteiger partial charge in [-0.2, -0.15) is 0 Å². The highest BCUT2D eigenvalue weighted by atomic mass is 16.6. The Balaban J connectivity index is 2.18. The van der Waals surface area contributed by atoms with E-state index in [1.807, 2.05) is 0 Å². The van der Waals surface area contributed by atoms with Crippen molar-refractivity contribution in [2.75, 3.05) is 7.11 Å². The van der Waals surface area contributed by atoms with E-state index in [-0.39, 0.29) is 18.1 Å². The summed E-state index contributed by atoms with van der Waals surface area (Å²) in [5, 5.41) is 0. The van der Waals surface area contributed by atoms with Crippen molar-refractivity contribution < 1.29 is 28.6 Å². The summed E-state index contributed by atoms with van der Waals surface area (Å²) in [6.07, 6.45) is -0.0166. The van der Waals surface area contributed by atoms with Gasteiger partial charge in [0.25, 0.3) is 0 Å². The van der Waals surface area contributed by atoms with Gasteiger partial charge < -0.3 is 14.2 Å². The zero-order chi connectivity index (χ0) is 16.7. The predicted molar refractivity (Wildman–Crippen MR) is 75.9 cm³/mol. The molecular weight excluding hydrogens is 290 g/mol. The van der Waals surface area contributed by atoms with Crippen LogP contribution in [0.3, 0.4) is 0 Å². The van der Waals surface area contributed by atoms with Gasteiger partial charge >= 0.3 is 18.0 Å². The Labute approximate surface area is 129 Å². The van der Waals surface area contributed by atoms with Crippen molar-refractivity contribution in [3.05, 3.63) is 0 Å². The predicted octanol–water partition coefficient (Wildman–Crippen LogP) is 1.49. The largest absolute Gasteiger partial charge is 0.469 e. The highest BCUT2D eigenvalue weighted by Crippen LogP contribution is 2.44. The number of hydrogen-bond donors (Lipinski definition) is 0. The fourth-order valence-electron chi connectivity index (χ4n) is 3.30. The van der Waals surface area contributed by atoms with Crippen LogP contribution in [-0.2, 0) is 23.8 Å². The van der Waals surface area contributed by atoms with Crippen LogP contribution in [-0.4, -0.2) is 53.8 Å². The molecule has 2 saturated heterocycles. The molecule has 4 atom stereocenters. The van der Waals surface area contributed by atoms with E-state index in [1.54, 1.807) is 25.7 Å². The fraction of sp³-hybridized carbons (Fsp3) is 0.800. The van der Waals surface area contributed by atoms with Gasteiger partial charge in [0, 0.05) is 13.3 Å². The summed E-state index contributed by atoms with van der Waals surface area (Å²) in [6, 6.07) is -0.690. The average Bonchev–Trinajstić information content (AvgIpc) is 2.89. The summed E-state index contributed by atoms with van der Waals surface area (Å²) >= 11 is 0. The van der Waals surface area contributed by atoms with Crippen LogP contribution in [0, 0.1) is 5.92 Å².